The molecular formula is C13H20FN3. The van der Waals surface area contributed by atoms with Crippen molar-refractivity contribution >= 4 is 5.69 Å². The molecule has 1 saturated heterocycles. The van der Waals surface area contributed by atoms with Crippen LogP contribution >= 0.6 is 0 Å². The van der Waals surface area contributed by atoms with E-state index in [2.05, 4.69) is 23.9 Å². The van der Waals surface area contributed by atoms with E-state index in [0.29, 0.717) is 18.3 Å². The Balaban J connectivity index is 2.24. The van der Waals surface area contributed by atoms with E-state index < -0.39 is 0 Å². The van der Waals surface area contributed by atoms with Crippen molar-refractivity contribution in [2.24, 2.45) is 5.73 Å². The fourth-order valence-electron chi connectivity index (χ4n) is 2.45. The molecule has 2 rings (SSSR count). The Kier molecular flexibility index (Phi) is 3.64. The highest BCUT2D eigenvalue weighted by Gasteiger charge is 2.26. The van der Waals surface area contributed by atoms with Crippen molar-refractivity contribution in [3.63, 3.8) is 0 Å². The monoisotopic (exact) mass is 237 g/mol. The average Bonchev–Trinajstić information content (AvgIpc) is 2.77. The number of benzene rings is 1. The van der Waals surface area contributed by atoms with Crippen molar-refractivity contribution in [2.45, 2.75) is 19.0 Å². The number of rotatable bonds is 3. The Bertz CT molecular complexity index is 392. The van der Waals surface area contributed by atoms with Crippen molar-refractivity contribution in [3.05, 3.63) is 29.6 Å². The van der Waals surface area contributed by atoms with E-state index >= 15 is 0 Å². The van der Waals surface area contributed by atoms with Crippen LogP contribution in [0.4, 0.5) is 10.1 Å². The van der Waals surface area contributed by atoms with Crippen molar-refractivity contribution < 1.29 is 4.39 Å². The van der Waals surface area contributed by atoms with E-state index in [1.807, 2.05) is 6.07 Å². The van der Waals surface area contributed by atoms with Gasteiger partial charge in [0.2, 0.25) is 0 Å². The molecule has 2 N–H and O–H groups in total. The predicted molar refractivity (Wildman–Crippen MR) is 68.6 cm³/mol. The molecule has 1 aliphatic heterocycles. The number of nitrogens with zero attached hydrogens (tertiary/aromatic N) is 2. The number of hydrogen-bond donors (Lipinski definition) is 1. The van der Waals surface area contributed by atoms with E-state index in [-0.39, 0.29) is 5.82 Å². The Morgan fingerprint density at radius 1 is 1.47 bits per heavy atom. The van der Waals surface area contributed by atoms with Gasteiger partial charge >= 0.3 is 0 Å². The minimum Gasteiger partial charge on any atom is -0.367 e. The number of nitrogens with two attached hydrogens (primary N) is 1. The highest BCUT2D eigenvalue weighted by atomic mass is 19.1. The molecule has 3 nitrogen and oxygen atoms in total. The van der Waals surface area contributed by atoms with E-state index in [4.69, 9.17) is 5.73 Å². The SMILES string of the molecule is CN(C)C1CCN(c2c(F)cccc2CN)C1. The lowest BCUT2D eigenvalue weighted by Crippen LogP contribution is -2.32. The summed E-state index contributed by atoms with van der Waals surface area (Å²) >= 11 is 0. The first-order chi connectivity index (χ1) is 8.13. The van der Waals surface area contributed by atoms with Gasteiger partial charge in [-0.2, -0.15) is 0 Å². The zero-order valence-corrected chi connectivity index (χ0v) is 10.5. The Hall–Kier alpha value is -1.13. The number of anilines is 1. The van der Waals surface area contributed by atoms with Gasteiger partial charge in [-0.1, -0.05) is 12.1 Å². The van der Waals surface area contributed by atoms with Crippen LogP contribution in [0, 0.1) is 5.82 Å². The van der Waals surface area contributed by atoms with E-state index in [0.717, 1.165) is 25.1 Å². The molecule has 17 heavy (non-hydrogen) atoms. The molecule has 1 unspecified atom stereocenters. The third-order valence-corrected chi connectivity index (χ3v) is 3.50. The van der Waals surface area contributed by atoms with Crippen molar-refractivity contribution in [2.75, 3.05) is 32.1 Å². The van der Waals surface area contributed by atoms with Crippen LogP contribution < -0.4 is 10.6 Å². The lowest BCUT2D eigenvalue weighted by atomic mass is 10.1. The molecule has 1 fully saturated rings. The first-order valence-electron chi connectivity index (χ1n) is 6.02. The molecule has 0 saturated carbocycles. The Morgan fingerprint density at radius 3 is 2.82 bits per heavy atom. The lowest BCUT2D eigenvalue weighted by molar-refractivity contribution is 0.315. The second-order valence-corrected chi connectivity index (χ2v) is 4.80. The molecule has 1 aliphatic rings. The normalized spacial score (nSPS) is 20.3. The molecule has 1 aromatic rings. The van der Waals surface area contributed by atoms with Gasteiger partial charge in [0, 0.05) is 25.7 Å². The van der Waals surface area contributed by atoms with Crippen LogP contribution in [0.25, 0.3) is 0 Å². The summed E-state index contributed by atoms with van der Waals surface area (Å²) in [6.45, 7) is 2.16. The highest BCUT2D eigenvalue weighted by Crippen LogP contribution is 2.28. The van der Waals surface area contributed by atoms with Gasteiger partial charge in [-0.3, -0.25) is 0 Å². The van der Waals surface area contributed by atoms with Gasteiger partial charge in [0.05, 0.1) is 5.69 Å². The van der Waals surface area contributed by atoms with Crippen LogP contribution in [-0.2, 0) is 6.54 Å². The molecule has 0 aliphatic carbocycles. The molecule has 1 atom stereocenters. The summed E-state index contributed by atoms with van der Waals surface area (Å²) in [5.74, 6) is -0.160. The summed E-state index contributed by atoms with van der Waals surface area (Å²) in [4.78, 5) is 4.31. The van der Waals surface area contributed by atoms with Gasteiger partial charge in [0.15, 0.2) is 0 Å². The van der Waals surface area contributed by atoms with Crippen LogP contribution in [0.15, 0.2) is 18.2 Å². The van der Waals surface area contributed by atoms with Gasteiger partial charge < -0.3 is 15.5 Å². The van der Waals surface area contributed by atoms with Gasteiger partial charge in [0.1, 0.15) is 5.82 Å². The smallest absolute Gasteiger partial charge is 0.146 e. The molecule has 4 heteroatoms. The Morgan fingerprint density at radius 2 is 2.24 bits per heavy atom. The quantitative estimate of drug-likeness (QED) is 0.863. The van der Waals surface area contributed by atoms with Gasteiger partial charge in [0.25, 0.3) is 0 Å². The van der Waals surface area contributed by atoms with Crippen LogP contribution in [0.5, 0.6) is 0 Å². The minimum absolute atomic E-state index is 0.160. The summed E-state index contributed by atoms with van der Waals surface area (Å²) in [5, 5.41) is 0. The lowest BCUT2D eigenvalue weighted by Gasteiger charge is -2.24. The molecule has 1 aromatic carbocycles. The molecule has 94 valence electrons. The van der Waals surface area contributed by atoms with E-state index in [1.54, 1.807) is 6.07 Å². The van der Waals surface area contributed by atoms with Crippen LogP contribution in [0.2, 0.25) is 0 Å². The van der Waals surface area contributed by atoms with E-state index in [1.165, 1.54) is 6.07 Å². The predicted octanol–water partition coefficient (Wildman–Crippen LogP) is 1.42. The summed E-state index contributed by atoms with van der Waals surface area (Å²) < 4.78 is 13.9. The fourth-order valence-corrected chi connectivity index (χ4v) is 2.45. The van der Waals surface area contributed by atoms with Crippen molar-refractivity contribution in [1.82, 2.24) is 4.90 Å². The molecular weight excluding hydrogens is 217 g/mol. The topological polar surface area (TPSA) is 32.5 Å². The largest absolute Gasteiger partial charge is 0.367 e. The van der Waals surface area contributed by atoms with Crippen molar-refractivity contribution in [3.8, 4) is 0 Å². The summed E-state index contributed by atoms with van der Waals surface area (Å²) in [5.41, 5.74) is 7.26. The molecule has 0 radical (unpaired) electrons. The standard InChI is InChI=1S/C13H20FN3/c1-16(2)11-6-7-17(9-11)13-10(8-15)4-3-5-12(13)14/h3-5,11H,6-9,15H2,1-2H3. The van der Waals surface area contributed by atoms with Crippen LogP contribution in [0.3, 0.4) is 0 Å². The molecule has 0 aromatic heterocycles. The Labute approximate surface area is 102 Å². The molecule has 0 bridgehead atoms. The van der Waals surface area contributed by atoms with Crippen LogP contribution in [-0.4, -0.2) is 38.1 Å². The zero-order valence-electron chi connectivity index (χ0n) is 10.5. The van der Waals surface area contributed by atoms with Crippen molar-refractivity contribution in [1.29, 1.82) is 0 Å². The number of para-hydroxylation sites is 1. The summed E-state index contributed by atoms with van der Waals surface area (Å²) in [7, 11) is 4.14. The first kappa shape index (κ1) is 12.3. The summed E-state index contributed by atoms with van der Waals surface area (Å²) in [6.07, 6.45) is 1.07. The number of likely N-dealkylation sites (N-methyl/N-ethyl adjacent to an activating group) is 1. The van der Waals surface area contributed by atoms with Gasteiger partial charge in [-0.25, -0.2) is 4.39 Å². The minimum atomic E-state index is -0.160. The second kappa shape index (κ2) is 5.02. The maximum absolute atomic E-state index is 13.9. The number of halogens is 1. The van der Waals surface area contributed by atoms with Gasteiger partial charge in [-0.05, 0) is 32.1 Å². The highest BCUT2D eigenvalue weighted by molar-refractivity contribution is 5.55. The summed E-state index contributed by atoms with van der Waals surface area (Å²) in [6, 6.07) is 5.64. The maximum Gasteiger partial charge on any atom is 0.146 e. The molecule has 0 amide bonds. The third-order valence-electron chi connectivity index (χ3n) is 3.50. The third kappa shape index (κ3) is 2.42. The molecule has 1 heterocycles. The average molecular weight is 237 g/mol. The first-order valence-corrected chi connectivity index (χ1v) is 6.02. The van der Waals surface area contributed by atoms with E-state index in [9.17, 15) is 4.39 Å². The number of hydrogen-bond acceptors (Lipinski definition) is 3. The second-order valence-electron chi connectivity index (χ2n) is 4.80. The molecule has 0 spiro atoms. The zero-order chi connectivity index (χ0) is 12.4. The maximum atomic E-state index is 13.9. The van der Waals surface area contributed by atoms with Gasteiger partial charge in [-0.15, -0.1) is 0 Å². The fraction of sp³-hybridized carbons (Fsp3) is 0.538. The van der Waals surface area contributed by atoms with Crippen LogP contribution in [0.1, 0.15) is 12.0 Å².